The zero-order chi connectivity index (χ0) is 18.8. The SMILES string of the molecule is CCCOC(=O)[C@H](Cc1ncn2c1CCc1ccccc1-2)N1CC[C@H](N)C1. The number of rotatable bonds is 6. The monoisotopic (exact) mass is 368 g/mol. The minimum absolute atomic E-state index is 0.134. The van der Waals surface area contributed by atoms with E-state index < -0.39 is 0 Å². The number of aryl methyl sites for hydroxylation is 1. The van der Waals surface area contributed by atoms with Crippen LogP contribution in [0.1, 0.15) is 36.7 Å². The van der Waals surface area contributed by atoms with Crippen molar-refractivity contribution in [2.24, 2.45) is 5.73 Å². The molecule has 6 heteroatoms. The van der Waals surface area contributed by atoms with Crippen molar-refractivity contribution in [2.45, 2.75) is 51.1 Å². The molecule has 2 N–H and O–H groups in total. The van der Waals surface area contributed by atoms with Crippen molar-refractivity contribution in [3.63, 3.8) is 0 Å². The molecule has 0 bridgehead atoms. The lowest BCUT2D eigenvalue weighted by molar-refractivity contribution is -0.149. The molecule has 0 aliphatic carbocycles. The molecule has 2 aliphatic heterocycles. The highest BCUT2D eigenvalue weighted by molar-refractivity contribution is 5.76. The standard InChI is InChI=1S/C21H28N4O2/c1-2-11-27-21(26)20(24-10-9-16(22)13-24)12-17-19-8-7-15-5-3-4-6-18(15)25(19)14-23-17/h3-6,14,16,20H,2,7-13,22H2,1H3/t16-,20-/m0/s1. The van der Waals surface area contributed by atoms with Crippen molar-refractivity contribution in [1.29, 1.82) is 0 Å². The van der Waals surface area contributed by atoms with E-state index >= 15 is 0 Å². The summed E-state index contributed by atoms with van der Waals surface area (Å²) in [6, 6.07) is 8.28. The first kappa shape index (κ1) is 18.2. The molecule has 1 aromatic heterocycles. The van der Waals surface area contributed by atoms with Crippen LogP contribution in [-0.2, 0) is 28.8 Å². The zero-order valence-electron chi connectivity index (χ0n) is 15.9. The molecule has 6 nitrogen and oxygen atoms in total. The van der Waals surface area contributed by atoms with Gasteiger partial charge in [-0.15, -0.1) is 0 Å². The van der Waals surface area contributed by atoms with E-state index in [0.717, 1.165) is 44.5 Å². The van der Waals surface area contributed by atoms with Gasteiger partial charge < -0.3 is 15.0 Å². The molecule has 3 heterocycles. The largest absolute Gasteiger partial charge is 0.465 e. The van der Waals surface area contributed by atoms with Crippen LogP contribution in [0.5, 0.6) is 0 Å². The Morgan fingerprint density at radius 3 is 3.00 bits per heavy atom. The van der Waals surface area contributed by atoms with Crippen LogP contribution in [0.2, 0.25) is 0 Å². The summed E-state index contributed by atoms with van der Waals surface area (Å²) in [6.07, 6.45) is 6.18. The highest BCUT2D eigenvalue weighted by Crippen LogP contribution is 2.27. The molecule has 2 atom stereocenters. The van der Waals surface area contributed by atoms with E-state index in [2.05, 4.69) is 38.7 Å². The fourth-order valence-electron chi connectivity index (χ4n) is 4.21. The third-order valence-corrected chi connectivity index (χ3v) is 5.64. The molecular weight excluding hydrogens is 340 g/mol. The lowest BCUT2D eigenvalue weighted by atomic mass is 9.98. The van der Waals surface area contributed by atoms with Gasteiger partial charge in [0.1, 0.15) is 6.04 Å². The number of carbonyl (C=O) groups excluding carboxylic acids is 1. The average molecular weight is 368 g/mol. The smallest absolute Gasteiger partial charge is 0.323 e. The van der Waals surface area contributed by atoms with Gasteiger partial charge in [0.25, 0.3) is 0 Å². The number of esters is 1. The van der Waals surface area contributed by atoms with Crippen LogP contribution >= 0.6 is 0 Å². The van der Waals surface area contributed by atoms with Crippen LogP contribution in [0.4, 0.5) is 0 Å². The van der Waals surface area contributed by atoms with Crippen LogP contribution in [0.3, 0.4) is 0 Å². The van der Waals surface area contributed by atoms with Crippen molar-refractivity contribution in [2.75, 3.05) is 19.7 Å². The third-order valence-electron chi connectivity index (χ3n) is 5.64. The molecule has 27 heavy (non-hydrogen) atoms. The maximum absolute atomic E-state index is 12.7. The maximum Gasteiger partial charge on any atom is 0.323 e. The molecule has 2 aliphatic rings. The Hall–Kier alpha value is -2.18. The van der Waals surface area contributed by atoms with Gasteiger partial charge in [0.2, 0.25) is 0 Å². The van der Waals surface area contributed by atoms with Crippen molar-refractivity contribution < 1.29 is 9.53 Å². The fraction of sp³-hybridized carbons (Fsp3) is 0.524. The van der Waals surface area contributed by atoms with Crippen LogP contribution in [0.25, 0.3) is 5.69 Å². The number of ether oxygens (including phenoxy) is 1. The van der Waals surface area contributed by atoms with Gasteiger partial charge in [-0.25, -0.2) is 4.98 Å². The van der Waals surface area contributed by atoms with Gasteiger partial charge in [0, 0.05) is 36.9 Å². The van der Waals surface area contributed by atoms with Gasteiger partial charge in [-0.1, -0.05) is 25.1 Å². The Bertz CT molecular complexity index is 816. The summed E-state index contributed by atoms with van der Waals surface area (Å²) in [5, 5.41) is 0. The Morgan fingerprint density at radius 1 is 1.37 bits per heavy atom. The number of hydrogen-bond donors (Lipinski definition) is 1. The lowest BCUT2D eigenvalue weighted by Gasteiger charge is -2.26. The molecule has 0 radical (unpaired) electrons. The molecular formula is C21H28N4O2. The highest BCUT2D eigenvalue weighted by Gasteiger charge is 2.34. The Labute approximate surface area is 160 Å². The van der Waals surface area contributed by atoms with Crippen LogP contribution < -0.4 is 5.73 Å². The topological polar surface area (TPSA) is 73.4 Å². The van der Waals surface area contributed by atoms with Crippen molar-refractivity contribution in [3.8, 4) is 5.69 Å². The van der Waals surface area contributed by atoms with Gasteiger partial charge in [0.15, 0.2) is 0 Å². The third kappa shape index (κ3) is 3.64. The predicted molar refractivity (Wildman–Crippen MR) is 104 cm³/mol. The summed E-state index contributed by atoms with van der Waals surface area (Å²) in [4.78, 5) is 19.6. The van der Waals surface area contributed by atoms with E-state index in [0.29, 0.717) is 13.0 Å². The Morgan fingerprint density at radius 2 is 2.22 bits per heavy atom. The van der Waals surface area contributed by atoms with E-state index in [-0.39, 0.29) is 18.1 Å². The number of likely N-dealkylation sites (tertiary alicyclic amines) is 1. The van der Waals surface area contributed by atoms with Gasteiger partial charge >= 0.3 is 5.97 Å². The minimum Gasteiger partial charge on any atom is -0.465 e. The number of hydrogen-bond acceptors (Lipinski definition) is 5. The van der Waals surface area contributed by atoms with Gasteiger partial charge in [-0.3, -0.25) is 9.69 Å². The summed E-state index contributed by atoms with van der Waals surface area (Å²) in [5.74, 6) is -0.149. The zero-order valence-corrected chi connectivity index (χ0v) is 15.9. The number of aromatic nitrogens is 2. The summed E-state index contributed by atoms with van der Waals surface area (Å²) < 4.78 is 7.67. The minimum atomic E-state index is -0.304. The van der Waals surface area contributed by atoms with Gasteiger partial charge in [-0.2, -0.15) is 0 Å². The summed E-state index contributed by atoms with van der Waals surface area (Å²) in [5.41, 5.74) is 10.8. The van der Waals surface area contributed by atoms with Crippen LogP contribution in [0.15, 0.2) is 30.6 Å². The molecule has 2 aromatic rings. The maximum atomic E-state index is 12.7. The van der Waals surface area contributed by atoms with Gasteiger partial charge in [0.05, 0.1) is 18.6 Å². The second-order valence-corrected chi connectivity index (χ2v) is 7.57. The van der Waals surface area contributed by atoms with Crippen molar-refractivity contribution in [1.82, 2.24) is 14.5 Å². The molecule has 144 valence electrons. The molecule has 0 amide bonds. The Kier molecular flexibility index (Phi) is 5.27. The molecule has 0 unspecified atom stereocenters. The van der Waals surface area contributed by atoms with E-state index in [4.69, 9.17) is 10.5 Å². The number of para-hydroxylation sites is 1. The quantitative estimate of drug-likeness (QED) is 0.788. The first-order chi connectivity index (χ1) is 13.2. The number of benzene rings is 1. The first-order valence-electron chi connectivity index (χ1n) is 9.97. The summed E-state index contributed by atoms with van der Waals surface area (Å²) in [7, 11) is 0. The molecule has 1 aromatic carbocycles. The number of fused-ring (bicyclic) bond motifs is 3. The molecule has 1 saturated heterocycles. The number of nitrogens with zero attached hydrogens (tertiary/aromatic N) is 3. The van der Waals surface area contributed by atoms with E-state index in [1.165, 1.54) is 16.9 Å². The second-order valence-electron chi connectivity index (χ2n) is 7.57. The second kappa shape index (κ2) is 7.82. The molecule has 0 saturated carbocycles. The highest BCUT2D eigenvalue weighted by atomic mass is 16.5. The summed E-state index contributed by atoms with van der Waals surface area (Å²) in [6.45, 7) is 4.05. The van der Waals surface area contributed by atoms with E-state index in [1.54, 1.807) is 0 Å². The Balaban J connectivity index is 1.59. The van der Waals surface area contributed by atoms with E-state index in [1.807, 2.05) is 13.3 Å². The normalized spacial score (nSPS) is 20.1. The molecule has 4 rings (SSSR count). The van der Waals surface area contributed by atoms with Crippen LogP contribution in [0, 0.1) is 0 Å². The predicted octanol–water partition coefficient (Wildman–Crippen LogP) is 1.87. The molecule has 1 fully saturated rings. The van der Waals surface area contributed by atoms with Crippen molar-refractivity contribution >= 4 is 5.97 Å². The van der Waals surface area contributed by atoms with Gasteiger partial charge in [-0.05, 0) is 37.3 Å². The van der Waals surface area contributed by atoms with E-state index in [9.17, 15) is 4.79 Å². The van der Waals surface area contributed by atoms with Crippen LogP contribution in [-0.4, -0.2) is 52.2 Å². The lowest BCUT2D eigenvalue weighted by Crippen LogP contribution is -2.44. The summed E-state index contributed by atoms with van der Waals surface area (Å²) >= 11 is 0. The number of imidazole rings is 1. The fourth-order valence-corrected chi connectivity index (χ4v) is 4.21. The number of carbonyl (C=O) groups is 1. The first-order valence-corrected chi connectivity index (χ1v) is 9.97. The average Bonchev–Trinajstić information content (AvgIpc) is 3.30. The molecule has 0 spiro atoms. The van der Waals surface area contributed by atoms with Crippen molar-refractivity contribution in [3.05, 3.63) is 47.5 Å². The number of nitrogens with two attached hydrogens (primary N) is 1.